The highest BCUT2D eigenvalue weighted by atomic mass is 16.2. The van der Waals surface area contributed by atoms with Gasteiger partial charge in [0.05, 0.1) is 24.0 Å². The summed E-state index contributed by atoms with van der Waals surface area (Å²) in [5, 5.41) is 2.94. The van der Waals surface area contributed by atoms with E-state index in [0.29, 0.717) is 12.5 Å². The van der Waals surface area contributed by atoms with Gasteiger partial charge in [-0.25, -0.2) is 4.98 Å². The van der Waals surface area contributed by atoms with Gasteiger partial charge in [-0.1, -0.05) is 36.4 Å². The molecule has 0 bridgehead atoms. The molecule has 5 rings (SSSR count). The van der Waals surface area contributed by atoms with Crippen molar-refractivity contribution in [3.8, 4) is 0 Å². The number of nitrogens with zero attached hydrogens (tertiary/aromatic N) is 4. The number of aryl methyl sites for hydroxylation is 1. The molecule has 0 aliphatic carbocycles. The van der Waals surface area contributed by atoms with Crippen molar-refractivity contribution in [2.75, 3.05) is 10.2 Å². The molecule has 7 heteroatoms. The predicted molar refractivity (Wildman–Crippen MR) is 119 cm³/mol. The molecule has 0 fully saturated rings. The lowest BCUT2D eigenvalue weighted by Crippen LogP contribution is -2.31. The molecule has 0 spiro atoms. The zero-order valence-electron chi connectivity index (χ0n) is 17.0. The Labute approximate surface area is 179 Å². The van der Waals surface area contributed by atoms with E-state index in [-0.39, 0.29) is 18.2 Å². The average molecular weight is 411 g/mol. The fourth-order valence-electron chi connectivity index (χ4n) is 4.01. The van der Waals surface area contributed by atoms with Crippen LogP contribution in [0.25, 0.3) is 11.0 Å². The summed E-state index contributed by atoms with van der Waals surface area (Å²) in [4.78, 5) is 36.7. The maximum absolute atomic E-state index is 13.4. The summed E-state index contributed by atoms with van der Waals surface area (Å²) in [5.41, 5.74) is 4.26. The van der Waals surface area contributed by atoms with Gasteiger partial charge in [0.15, 0.2) is 0 Å². The number of carbonyl (C=O) groups is 2. The summed E-state index contributed by atoms with van der Waals surface area (Å²) in [6.45, 7) is 2.29. The standard InChI is InChI=1S/C24H21N5O2/c1-16-7-2-3-9-18(16)26-22(30)13-21-23(31)28(15-17-8-6-12-25-14-17)24-27-19-10-4-5-11-20(19)29(21)24/h2-12,14,21H,13,15H2,1H3,(H,26,30)/t21-/m1/s1. The van der Waals surface area contributed by atoms with Crippen LogP contribution in [0.2, 0.25) is 0 Å². The average Bonchev–Trinajstić information content (AvgIpc) is 3.27. The SMILES string of the molecule is Cc1ccccc1NC(=O)C[C@@H]1C(=O)N(Cc2cccnc2)c2nc3ccccc3n21. The number of imidazole rings is 1. The Kier molecular flexibility index (Phi) is 4.71. The summed E-state index contributed by atoms with van der Waals surface area (Å²) in [5.74, 6) is 0.209. The maximum Gasteiger partial charge on any atom is 0.253 e. The van der Waals surface area contributed by atoms with Crippen molar-refractivity contribution in [2.45, 2.75) is 25.9 Å². The molecule has 0 unspecified atom stereocenters. The number of rotatable bonds is 5. The maximum atomic E-state index is 13.4. The first-order valence-corrected chi connectivity index (χ1v) is 10.1. The molecular weight excluding hydrogens is 390 g/mol. The molecule has 4 aromatic rings. The number of hydrogen-bond acceptors (Lipinski definition) is 4. The van der Waals surface area contributed by atoms with Crippen molar-refractivity contribution < 1.29 is 9.59 Å². The highest BCUT2D eigenvalue weighted by Crippen LogP contribution is 2.37. The fourth-order valence-corrected chi connectivity index (χ4v) is 4.01. The van der Waals surface area contributed by atoms with Crippen LogP contribution in [0.4, 0.5) is 11.6 Å². The van der Waals surface area contributed by atoms with Crippen LogP contribution in [0.1, 0.15) is 23.6 Å². The van der Waals surface area contributed by atoms with Gasteiger partial charge in [0.1, 0.15) is 6.04 Å². The predicted octanol–water partition coefficient (Wildman–Crippen LogP) is 3.86. The molecule has 2 aromatic carbocycles. The normalized spacial score (nSPS) is 15.3. The summed E-state index contributed by atoms with van der Waals surface area (Å²) in [7, 11) is 0. The Balaban J connectivity index is 1.48. The van der Waals surface area contributed by atoms with E-state index in [1.807, 2.05) is 72.2 Å². The van der Waals surface area contributed by atoms with E-state index in [2.05, 4.69) is 10.3 Å². The molecule has 0 radical (unpaired) electrons. The third-order valence-corrected chi connectivity index (χ3v) is 5.54. The van der Waals surface area contributed by atoms with E-state index < -0.39 is 6.04 Å². The van der Waals surface area contributed by atoms with Crippen LogP contribution >= 0.6 is 0 Å². The van der Waals surface area contributed by atoms with E-state index in [1.54, 1.807) is 17.3 Å². The molecule has 0 saturated carbocycles. The Bertz CT molecular complexity index is 1280. The van der Waals surface area contributed by atoms with Crippen molar-refractivity contribution >= 4 is 34.5 Å². The zero-order valence-corrected chi connectivity index (χ0v) is 17.0. The van der Waals surface area contributed by atoms with Crippen LogP contribution < -0.4 is 10.2 Å². The van der Waals surface area contributed by atoms with Crippen molar-refractivity contribution in [1.29, 1.82) is 0 Å². The monoisotopic (exact) mass is 411 g/mol. The summed E-state index contributed by atoms with van der Waals surface area (Å²) < 4.78 is 1.88. The summed E-state index contributed by atoms with van der Waals surface area (Å²) in [6, 6.07) is 18.4. The topological polar surface area (TPSA) is 80.1 Å². The Morgan fingerprint density at radius 1 is 1.06 bits per heavy atom. The molecule has 1 aliphatic heterocycles. The molecule has 7 nitrogen and oxygen atoms in total. The number of aromatic nitrogens is 3. The van der Waals surface area contributed by atoms with E-state index in [1.165, 1.54) is 0 Å². The molecule has 1 N–H and O–H groups in total. The van der Waals surface area contributed by atoms with Gasteiger partial charge in [-0.15, -0.1) is 0 Å². The van der Waals surface area contributed by atoms with Crippen LogP contribution in [0.3, 0.4) is 0 Å². The molecule has 3 heterocycles. The van der Waals surface area contributed by atoms with E-state index in [9.17, 15) is 9.59 Å². The number of nitrogens with one attached hydrogen (secondary N) is 1. The van der Waals surface area contributed by atoms with Crippen molar-refractivity contribution in [2.24, 2.45) is 0 Å². The minimum atomic E-state index is -0.650. The second-order valence-corrected chi connectivity index (χ2v) is 7.64. The number of para-hydroxylation sites is 3. The number of hydrogen-bond donors (Lipinski definition) is 1. The highest BCUT2D eigenvalue weighted by Gasteiger charge is 2.40. The number of pyridine rings is 1. The number of fused-ring (bicyclic) bond motifs is 3. The minimum absolute atomic E-state index is 0.0318. The van der Waals surface area contributed by atoms with Gasteiger partial charge in [0, 0.05) is 18.1 Å². The van der Waals surface area contributed by atoms with Gasteiger partial charge in [-0.05, 0) is 42.3 Å². The summed E-state index contributed by atoms with van der Waals surface area (Å²) in [6.07, 6.45) is 3.46. The largest absolute Gasteiger partial charge is 0.326 e. The highest BCUT2D eigenvalue weighted by molar-refractivity contribution is 6.05. The smallest absolute Gasteiger partial charge is 0.253 e. The number of carbonyl (C=O) groups excluding carboxylic acids is 2. The lowest BCUT2D eigenvalue weighted by molar-refractivity contribution is -0.124. The van der Waals surface area contributed by atoms with Crippen LogP contribution in [0.5, 0.6) is 0 Å². The van der Waals surface area contributed by atoms with Crippen molar-refractivity contribution in [3.05, 3.63) is 84.2 Å². The van der Waals surface area contributed by atoms with Crippen LogP contribution in [0.15, 0.2) is 73.1 Å². The molecule has 2 aromatic heterocycles. The quantitative estimate of drug-likeness (QED) is 0.541. The number of anilines is 2. The molecule has 154 valence electrons. The third kappa shape index (κ3) is 3.44. The van der Waals surface area contributed by atoms with E-state index >= 15 is 0 Å². The lowest BCUT2D eigenvalue weighted by Gasteiger charge is -2.16. The minimum Gasteiger partial charge on any atom is -0.326 e. The number of benzene rings is 2. The van der Waals surface area contributed by atoms with E-state index in [4.69, 9.17) is 4.98 Å². The summed E-state index contributed by atoms with van der Waals surface area (Å²) >= 11 is 0. The van der Waals surface area contributed by atoms with Crippen LogP contribution in [-0.4, -0.2) is 26.3 Å². The first-order chi connectivity index (χ1) is 15.1. The second kappa shape index (κ2) is 7.68. The molecular formula is C24H21N5O2. The van der Waals surface area contributed by atoms with Gasteiger partial charge >= 0.3 is 0 Å². The van der Waals surface area contributed by atoms with Crippen LogP contribution in [0, 0.1) is 6.92 Å². The van der Waals surface area contributed by atoms with Crippen molar-refractivity contribution in [3.63, 3.8) is 0 Å². The fraction of sp³-hybridized carbons (Fsp3) is 0.167. The molecule has 1 atom stereocenters. The number of amides is 2. The molecule has 1 aliphatic rings. The van der Waals surface area contributed by atoms with Crippen molar-refractivity contribution in [1.82, 2.24) is 14.5 Å². The first-order valence-electron chi connectivity index (χ1n) is 10.1. The Morgan fingerprint density at radius 2 is 1.87 bits per heavy atom. The third-order valence-electron chi connectivity index (χ3n) is 5.54. The lowest BCUT2D eigenvalue weighted by atomic mass is 10.1. The zero-order chi connectivity index (χ0) is 21.4. The van der Waals surface area contributed by atoms with Gasteiger partial charge in [0.2, 0.25) is 11.9 Å². The Hall–Kier alpha value is -4.00. The molecule has 31 heavy (non-hydrogen) atoms. The first kappa shape index (κ1) is 19.0. The second-order valence-electron chi connectivity index (χ2n) is 7.64. The van der Waals surface area contributed by atoms with Gasteiger partial charge in [-0.2, -0.15) is 0 Å². The van der Waals surface area contributed by atoms with Gasteiger partial charge in [-0.3, -0.25) is 24.0 Å². The molecule has 0 saturated heterocycles. The van der Waals surface area contributed by atoms with Gasteiger partial charge < -0.3 is 5.32 Å². The van der Waals surface area contributed by atoms with Crippen LogP contribution in [-0.2, 0) is 16.1 Å². The molecule has 2 amide bonds. The van der Waals surface area contributed by atoms with Gasteiger partial charge in [0.25, 0.3) is 5.91 Å². The van der Waals surface area contributed by atoms with E-state index in [0.717, 1.165) is 27.8 Å². The Morgan fingerprint density at radius 3 is 2.68 bits per heavy atom.